The molecule has 1 rings (SSSR count). The molecular formula is C13H24N2O4. The Balaban J connectivity index is 2.13. The summed E-state index contributed by atoms with van der Waals surface area (Å²) in [6.45, 7) is 3.91. The molecule has 2 atom stereocenters. The van der Waals surface area contributed by atoms with E-state index in [9.17, 15) is 9.59 Å². The van der Waals surface area contributed by atoms with Crippen LogP contribution in [0, 0.1) is 5.92 Å². The lowest BCUT2D eigenvalue weighted by molar-refractivity contribution is -0.137. The molecule has 0 radical (unpaired) electrons. The summed E-state index contributed by atoms with van der Waals surface area (Å²) in [6.07, 6.45) is 2.53. The van der Waals surface area contributed by atoms with Crippen LogP contribution in [0.1, 0.15) is 32.6 Å². The van der Waals surface area contributed by atoms with Gasteiger partial charge in [0.1, 0.15) is 0 Å². The molecular weight excluding hydrogens is 248 g/mol. The van der Waals surface area contributed by atoms with Gasteiger partial charge in [-0.05, 0) is 25.2 Å². The fourth-order valence-corrected chi connectivity index (χ4v) is 2.06. The molecule has 6 heteroatoms. The van der Waals surface area contributed by atoms with Crippen LogP contribution in [0.2, 0.25) is 0 Å². The van der Waals surface area contributed by atoms with E-state index in [1.165, 1.54) is 0 Å². The van der Waals surface area contributed by atoms with Crippen LogP contribution in [0.5, 0.6) is 0 Å². The second-order valence-corrected chi connectivity index (χ2v) is 5.19. The van der Waals surface area contributed by atoms with Gasteiger partial charge in [-0.2, -0.15) is 0 Å². The lowest BCUT2D eigenvalue weighted by Gasteiger charge is -2.23. The van der Waals surface area contributed by atoms with Crippen LogP contribution in [-0.2, 0) is 9.53 Å². The van der Waals surface area contributed by atoms with Crippen molar-refractivity contribution in [3.8, 4) is 0 Å². The first-order valence-corrected chi connectivity index (χ1v) is 6.81. The average Bonchev–Trinajstić information content (AvgIpc) is 2.89. The summed E-state index contributed by atoms with van der Waals surface area (Å²) in [4.78, 5) is 24.0. The highest BCUT2D eigenvalue weighted by molar-refractivity contribution is 5.74. The first-order valence-electron chi connectivity index (χ1n) is 6.81. The molecule has 0 spiro atoms. The highest BCUT2D eigenvalue weighted by Gasteiger charge is 2.23. The van der Waals surface area contributed by atoms with E-state index in [1.807, 2.05) is 6.92 Å². The van der Waals surface area contributed by atoms with Crippen LogP contribution in [0.25, 0.3) is 0 Å². The summed E-state index contributed by atoms with van der Waals surface area (Å²) in [5.74, 6) is -0.464. The molecule has 0 saturated carbocycles. The third-order valence-corrected chi connectivity index (χ3v) is 3.54. The second kappa shape index (κ2) is 7.99. The Labute approximate surface area is 114 Å². The van der Waals surface area contributed by atoms with Crippen molar-refractivity contribution in [1.82, 2.24) is 10.2 Å². The Bertz CT molecular complexity index is 303. The van der Waals surface area contributed by atoms with Crippen molar-refractivity contribution in [2.45, 2.75) is 38.6 Å². The molecule has 1 saturated heterocycles. The molecule has 2 amide bonds. The largest absolute Gasteiger partial charge is 0.481 e. The minimum atomic E-state index is -0.767. The molecule has 0 aromatic heterocycles. The molecule has 19 heavy (non-hydrogen) atoms. The van der Waals surface area contributed by atoms with E-state index >= 15 is 0 Å². The normalized spacial score (nSPS) is 20.0. The van der Waals surface area contributed by atoms with Crippen LogP contribution < -0.4 is 5.32 Å². The summed E-state index contributed by atoms with van der Waals surface area (Å²) >= 11 is 0. The number of urea groups is 1. The van der Waals surface area contributed by atoms with Gasteiger partial charge in [-0.3, -0.25) is 4.79 Å². The number of hydrogen-bond donors (Lipinski definition) is 2. The number of rotatable bonds is 7. The lowest BCUT2D eigenvalue weighted by Crippen LogP contribution is -2.44. The molecule has 110 valence electrons. The summed E-state index contributed by atoms with van der Waals surface area (Å²) in [5.41, 5.74) is 0. The van der Waals surface area contributed by atoms with Crippen LogP contribution in [0.15, 0.2) is 0 Å². The van der Waals surface area contributed by atoms with Crippen LogP contribution in [0.4, 0.5) is 4.79 Å². The predicted molar refractivity (Wildman–Crippen MR) is 71.0 cm³/mol. The lowest BCUT2D eigenvalue weighted by atomic mass is 10.0. The number of ether oxygens (including phenoxy) is 1. The molecule has 1 heterocycles. The van der Waals surface area contributed by atoms with Gasteiger partial charge >= 0.3 is 12.0 Å². The topological polar surface area (TPSA) is 78.9 Å². The molecule has 0 aliphatic carbocycles. The molecule has 0 bridgehead atoms. The maximum Gasteiger partial charge on any atom is 0.317 e. The maximum absolute atomic E-state index is 11.8. The van der Waals surface area contributed by atoms with Crippen LogP contribution >= 0.6 is 0 Å². The highest BCUT2D eigenvalue weighted by Crippen LogP contribution is 2.11. The maximum atomic E-state index is 11.8. The van der Waals surface area contributed by atoms with E-state index in [0.717, 1.165) is 12.8 Å². The van der Waals surface area contributed by atoms with Crippen molar-refractivity contribution in [2.24, 2.45) is 5.92 Å². The molecule has 1 aliphatic heterocycles. The minimum Gasteiger partial charge on any atom is -0.481 e. The predicted octanol–water partition coefficient (Wildman–Crippen LogP) is 1.31. The van der Waals surface area contributed by atoms with E-state index in [4.69, 9.17) is 9.84 Å². The Hall–Kier alpha value is -1.30. The first kappa shape index (κ1) is 15.8. The van der Waals surface area contributed by atoms with Crippen LogP contribution in [0.3, 0.4) is 0 Å². The SMILES string of the molecule is CC(CCNC(=O)N(C)C1CCOC1)CCC(=O)O. The molecule has 1 aliphatic rings. The number of carbonyl (C=O) groups is 2. The standard InChI is InChI=1S/C13H24N2O4/c1-10(3-4-12(16)17)5-7-14-13(18)15(2)11-6-8-19-9-11/h10-11H,3-9H2,1-2H3,(H,14,18)(H,16,17). The number of amides is 2. The quantitative estimate of drug-likeness (QED) is 0.732. The van der Waals surface area contributed by atoms with E-state index in [-0.39, 0.29) is 18.5 Å². The van der Waals surface area contributed by atoms with Gasteiger partial charge in [0.2, 0.25) is 0 Å². The zero-order valence-electron chi connectivity index (χ0n) is 11.7. The first-order chi connectivity index (χ1) is 9.00. The minimum absolute atomic E-state index is 0.0825. The molecule has 1 fully saturated rings. The number of hydrogen-bond acceptors (Lipinski definition) is 3. The van der Waals surface area contributed by atoms with Gasteiger partial charge in [0.05, 0.1) is 12.6 Å². The Morgan fingerprint density at radius 2 is 2.21 bits per heavy atom. The number of carboxylic acids is 1. The van der Waals surface area contributed by atoms with Gasteiger partial charge in [0.15, 0.2) is 0 Å². The fraction of sp³-hybridized carbons (Fsp3) is 0.846. The van der Waals surface area contributed by atoms with Crippen molar-refractivity contribution >= 4 is 12.0 Å². The molecule has 6 nitrogen and oxygen atoms in total. The average molecular weight is 272 g/mol. The Morgan fingerprint density at radius 1 is 1.47 bits per heavy atom. The van der Waals surface area contributed by atoms with Crippen molar-refractivity contribution in [3.05, 3.63) is 0 Å². The summed E-state index contributed by atoms with van der Waals surface area (Å²) in [6, 6.07) is 0.0883. The van der Waals surface area contributed by atoms with Crippen molar-refractivity contribution in [1.29, 1.82) is 0 Å². The molecule has 2 N–H and O–H groups in total. The molecule has 0 aromatic carbocycles. The third kappa shape index (κ3) is 5.92. The number of carbonyl (C=O) groups excluding carboxylic acids is 1. The van der Waals surface area contributed by atoms with E-state index in [2.05, 4.69) is 5.32 Å². The van der Waals surface area contributed by atoms with Crippen molar-refractivity contribution < 1.29 is 19.4 Å². The van der Waals surface area contributed by atoms with Gasteiger partial charge in [0, 0.05) is 26.6 Å². The molecule has 0 aromatic rings. The van der Waals surface area contributed by atoms with E-state index in [0.29, 0.717) is 32.1 Å². The summed E-state index contributed by atoms with van der Waals surface area (Å²) in [7, 11) is 1.78. The van der Waals surface area contributed by atoms with Gasteiger partial charge < -0.3 is 20.1 Å². The Kier molecular flexibility index (Phi) is 6.62. The second-order valence-electron chi connectivity index (χ2n) is 5.19. The third-order valence-electron chi connectivity index (χ3n) is 3.54. The van der Waals surface area contributed by atoms with Gasteiger partial charge in [-0.15, -0.1) is 0 Å². The number of carboxylic acid groups (broad SMARTS) is 1. The number of likely N-dealkylation sites (N-methyl/N-ethyl adjacent to an activating group) is 1. The van der Waals surface area contributed by atoms with Crippen molar-refractivity contribution in [3.63, 3.8) is 0 Å². The zero-order valence-corrected chi connectivity index (χ0v) is 11.7. The number of nitrogens with one attached hydrogen (secondary N) is 1. The monoisotopic (exact) mass is 272 g/mol. The van der Waals surface area contributed by atoms with Gasteiger partial charge in [-0.1, -0.05) is 6.92 Å². The zero-order chi connectivity index (χ0) is 14.3. The van der Waals surface area contributed by atoms with Crippen LogP contribution in [-0.4, -0.2) is 54.9 Å². The smallest absolute Gasteiger partial charge is 0.317 e. The number of nitrogens with zero attached hydrogens (tertiary/aromatic N) is 1. The van der Waals surface area contributed by atoms with E-state index in [1.54, 1.807) is 11.9 Å². The summed E-state index contributed by atoms with van der Waals surface area (Å²) in [5, 5.41) is 11.4. The van der Waals surface area contributed by atoms with Gasteiger partial charge in [0.25, 0.3) is 0 Å². The number of aliphatic carboxylic acids is 1. The fourth-order valence-electron chi connectivity index (χ4n) is 2.06. The van der Waals surface area contributed by atoms with E-state index < -0.39 is 5.97 Å². The Morgan fingerprint density at radius 3 is 2.79 bits per heavy atom. The molecule has 2 unspecified atom stereocenters. The summed E-state index contributed by atoms with van der Waals surface area (Å²) < 4.78 is 5.25. The van der Waals surface area contributed by atoms with Gasteiger partial charge in [-0.25, -0.2) is 4.79 Å². The highest BCUT2D eigenvalue weighted by atomic mass is 16.5. The van der Waals surface area contributed by atoms with Crippen molar-refractivity contribution in [2.75, 3.05) is 26.8 Å².